The molecule has 8 heavy (non-hydrogen) atoms. The number of carboxylic acids is 2. The molecule has 0 aliphatic carbocycles. The van der Waals surface area contributed by atoms with Crippen molar-refractivity contribution in [2.45, 2.75) is 0 Å². The molecular formula is C2KMgO4+. The van der Waals surface area contributed by atoms with Gasteiger partial charge in [-0.2, -0.15) is 0 Å². The molecule has 0 aliphatic heterocycles. The van der Waals surface area contributed by atoms with Gasteiger partial charge >= 0.3 is 74.4 Å². The van der Waals surface area contributed by atoms with Gasteiger partial charge in [0.05, 0.1) is 11.9 Å². The Morgan fingerprint density at radius 1 is 1.00 bits per heavy atom. The zero-order chi connectivity index (χ0) is 5.15. The van der Waals surface area contributed by atoms with Gasteiger partial charge in [-0.05, 0) is 0 Å². The molecule has 0 fully saturated rings. The standard InChI is InChI=1S/C2H2O4.K.Mg/c3-1(4)2(5)6;;/h(H,3,4)(H,5,6);;/q;+1;+2/p-2. The Bertz CT molecular complexity index is 80.0. The molecule has 0 saturated carbocycles. The largest absolute Gasteiger partial charge is 2.00 e. The van der Waals surface area contributed by atoms with Crippen LogP contribution in [-0.2, 0) is 9.59 Å². The Morgan fingerprint density at radius 2 is 1.12 bits per heavy atom. The van der Waals surface area contributed by atoms with E-state index in [1.54, 1.807) is 0 Å². The van der Waals surface area contributed by atoms with Crippen molar-refractivity contribution < 1.29 is 71.2 Å². The smallest absolute Gasteiger partial charge is 0.543 e. The average Bonchev–Trinajstić information content (AvgIpc) is 1.36. The Labute approximate surface area is 104 Å². The summed E-state index contributed by atoms with van der Waals surface area (Å²) in [6.45, 7) is 0. The monoisotopic (exact) mass is 151 g/mol. The van der Waals surface area contributed by atoms with Crippen LogP contribution in [0, 0.1) is 0 Å². The van der Waals surface area contributed by atoms with Crippen LogP contribution in [0.4, 0.5) is 0 Å². The second kappa shape index (κ2) is 8.34. The molecule has 0 aromatic carbocycles. The minimum absolute atomic E-state index is 0. The van der Waals surface area contributed by atoms with E-state index in [2.05, 4.69) is 0 Å². The maximum atomic E-state index is 8.93. The molecule has 0 aromatic heterocycles. The van der Waals surface area contributed by atoms with Gasteiger partial charge in [0.15, 0.2) is 0 Å². The van der Waals surface area contributed by atoms with Gasteiger partial charge in [0, 0.05) is 0 Å². The molecule has 0 N–H and O–H groups in total. The average molecular weight is 151 g/mol. The summed E-state index contributed by atoms with van der Waals surface area (Å²) >= 11 is 0. The minimum Gasteiger partial charge on any atom is -0.543 e. The molecule has 0 spiro atoms. The first-order chi connectivity index (χ1) is 2.64. The van der Waals surface area contributed by atoms with Crippen LogP contribution in [0.1, 0.15) is 0 Å². The van der Waals surface area contributed by atoms with Gasteiger partial charge in [0.25, 0.3) is 0 Å². The molecule has 0 rings (SSSR count). The maximum Gasteiger partial charge on any atom is 2.00 e. The molecule has 0 aromatic rings. The van der Waals surface area contributed by atoms with E-state index in [1.807, 2.05) is 0 Å². The van der Waals surface area contributed by atoms with Crippen LogP contribution >= 0.6 is 0 Å². The second-order valence-electron chi connectivity index (χ2n) is 0.575. The Kier molecular flexibility index (Phi) is 16.9. The summed E-state index contributed by atoms with van der Waals surface area (Å²) in [7, 11) is 0. The maximum absolute atomic E-state index is 8.93. The first-order valence-corrected chi connectivity index (χ1v) is 1.07. The summed E-state index contributed by atoms with van der Waals surface area (Å²) in [5.74, 6) is -4.37. The fourth-order valence-corrected chi connectivity index (χ4v) is 0. The number of rotatable bonds is 0. The van der Waals surface area contributed by atoms with Crippen molar-refractivity contribution in [3.8, 4) is 0 Å². The molecule has 0 aliphatic rings. The van der Waals surface area contributed by atoms with Crippen LogP contribution in [0.2, 0.25) is 0 Å². The summed E-state index contributed by atoms with van der Waals surface area (Å²) in [6, 6.07) is 0. The third-order valence-corrected chi connectivity index (χ3v) is 0.167. The van der Waals surface area contributed by atoms with Crippen LogP contribution in [-0.4, -0.2) is 35.0 Å². The van der Waals surface area contributed by atoms with Crippen LogP contribution in [0.15, 0.2) is 0 Å². The van der Waals surface area contributed by atoms with Gasteiger partial charge in [-0.15, -0.1) is 0 Å². The number of carbonyl (C=O) groups excluding carboxylic acids is 2. The van der Waals surface area contributed by atoms with E-state index in [9.17, 15) is 0 Å². The normalized spacial score (nSPS) is 5.50. The van der Waals surface area contributed by atoms with Gasteiger partial charge in [0.1, 0.15) is 0 Å². The Hall–Kier alpha value is 1.34. The van der Waals surface area contributed by atoms with Crippen molar-refractivity contribution in [1.82, 2.24) is 0 Å². The topological polar surface area (TPSA) is 80.3 Å². The fraction of sp³-hybridized carbons (Fsp3) is 0. The predicted molar refractivity (Wildman–Crippen MR) is 15.8 cm³/mol. The molecule has 0 atom stereocenters. The van der Waals surface area contributed by atoms with E-state index >= 15 is 0 Å². The first-order valence-electron chi connectivity index (χ1n) is 1.07. The first kappa shape index (κ1) is 16.2. The molecule has 0 bridgehead atoms. The molecule has 0 saturated heterocycles. The number of carbonyl (C=O) groups is 2. The van der Waals surface area contributed by atoms with Crippen molar-refractivity contribution in [2.75, 3.05) is 0 Å². The van der Waals surface area contributed by atoms with Crippen LogP contribution < -0.4 is 61.6 Å². The summed E-state index contributed by atoms with van der Waals surface area (Å²) in [5.41, 5.74) is 0. The zero-order valence-corrected chi connectivity index (χ0v) is 8.88. The second-order valence-corrected chi connectivity index (χ2v) is 0.575. The van der Waals surface area contributed by atoms with Crippen molar-refractivity contribution >= 4 is 35.0 Å². The van der Waals surface area contributed by atoms with Crippen molar-refractivity contribution in [2.24, 2.45) is 0 Å². The van der Waals surface area contributed by atoms with E-state index < -0.39 is 11.9 Å². The summed E-state index contributed by atoms with van der Waals surface area (Å²) in [4.78, 5) is 17.9. The molecule has 0 radical (unpaired) electrons. The van der Waals surface area contributed by atoms with Crippen molar-refractivity contribution in [3.63, 3.8) is 0 Å². The Morgan fingerprint density at radius 3 is 1.12 bits per heavy atom. The molecular weight excluding hydrogens is 151 g/mol. The summed E-state index contributed by atoms with van der Waals surface area (Å²) in [5, 5.41) is 17.9. The van der Waals surface area contributed by atoms with Gasteiger partial charge in [-0.25, -0.2) is 0 Å². The third-order valence-electron chi connectivity index (χ3n) is 0.167. The predicted octanol–water partition coefficient (Wildman–Crippen LogP) is -6.89. The number of carboxylic acid groups (broad SMARTS) is 2. The van der Waals surface area contributed by atoms with Crippen LogP contribution in [0.5, 0.6) is 0 Å². The van der Waals surface area contributed by atoms with Gasteiger partial charge in [0.2, 0.25) is 0 Å². The zero-order valence-electron chi connectivity index (χ0n) is 4.34. The molecule has 6 heteroatoms. The van der Waals surface area contributed by atoms with E-state index in [1.165, 1.54) is 0 Å². The molecule has 0 heterocycles. The van der Waals surface area contributed by atoms with Crippen molar-refractivity contribution in [1.29, 1.82) is 0 Å². The fourth-order valence-electron chi connectivity index (χ4n) is 0. The molecule has 0 amide bonds. The van der Waals surface area contributed by atoms with E-state index in [0.717, 1.165) is 0 Å². The third kappa shape index (κ3) is 10.3. The molecule has 0 unspecified atom stereocenters. The number of aliphatic carboxylic acids is 2. The number of hydrogen-bond acceptors (Lipinski definition) is 4. The van der Waals surface area contributed by atoms with Gasteiger partial charge < -0.3 is 19.8 Å². The van der Waals surface area contributed by atoms with Crippen LogP contribution in [0.25, 0.3) is 0 Å². The van der Waals surface area contributed by atoms with E-state index in [-0.39, 0.29) is 74.4 Å². The van der Waals surface area contributed by atoms with Gasteiger partial charge in [-0.3, -0.25) is 0 Å². The van der Waals surface area contributed by atoms with E-state index in [4.69, 9.17) is 19.8 Å². The molecule has 4 nitrogen and oxygen atoms in total. The SMILES string of the molecule is O=C([O-])C(=O)[O-].[K+].[Mg+2]. The summed E-state index contributed by atoms with van der Waals surface area (Å²) < 4.78 is 0. The van der Waals surface area contributed by atoms with Crippen molar-refractivity contribution in [3.05, 3.63) is 0 Å². The summed E-state index contributed by atoms with van der Waals surface area (Å²) in [6.07, 6.45) is 0. The number of hydrogen-bond donors (Lipinski definition) is 0. The van der Waals surface area contributed by atoms with E-state index in [0.29, 0.717) is 0 Å². The minimum atomic E-state index is -2.19. The molecule has 34 valence electrons. The van der Waals surface area contributed by atoms with Gasteiger partial charge in [-0.1, -0.05) is 0 Å². The van der Waals surface area contributed by atoms with Crippen LogP contribution in [0.3, 0.4) is 0 Å². The quantitative estimate of drug-likeness (QED) is 0.255. The Balaban J connectivity index is -0.000000125.